The number of fused-ring (bicyclic) bond motifs is 1. The summed E-state index contributed by atoms with van der Waals surface area (Å²) in [4.78, 5) is 12.1. The number of halogens is 1. The van der Waals surface area contributed by atoms with Gasteiger partial charge in [-0.15, -0.1) is 0 Å². The van der Waals surface area contributed by atoms with Crippen molar-refractivity contribution >= 4 is 23.0 Å². The highest BCUT2D eigenvalue weighted by atomic mass is 35.5. The Balaban J connectivity index is 1.75. The lowest BCUT2D eigenvalue weighted by molar-refractivity contribution is 0.0945. The molecule has 0 saturated heterocycles. The van der Waals surface area contributed by atoms with Crippen LogP contribution >= 0.6 is 11.6 Å². The molecular formula is C15H12ClN3O. The van der Waals surface area contributed by atoms with E-state index >= 15 is 0 Å². The molecule has 0 saturated carbocycles. The quantitative estimate of drug-likeness (QED) is 0.804. The third kappa shape index (κ3) is 2.51. The zero-order valence-electron chi connectivity index (χ0n) is 10.6. The summed E-state index contributed by atoms with van der Waals surface area (Å²) in [7, 11) is 0. The van der Waals surface area contributed by atoms with E-state index in [2.05, 4.69) is 10.4 Å². The van der Waals surface area contributed by atoms with Gasteiger partial charge in [0, 0.05) is 17.8 Å². The van der Waals surface area contributed by atoms with Gasteiger partial charge in [0.1, 0.15) is 0 Å². The molecular weight excluding hydrogens is 274 g/mol. The molecule has 1 aromatic carbocycles. The van der Waals surface area contributed by atoms with E-state index in [0.717, 1.165) is 11.1 Å². The largest absolute Gasteiger partial charge is 0.347 e. The van der Waals surface area contributed by atoms with Crippen molar-refractivity contribution < 1.29 is 4.79 Å². The lowest BCUT2D eigenvalue weighted by atomic mass is 10.2. The highest BCUT2D eigenvalue weighted by molar-refractivity contribution is 6.31. The fourth-order valence-electron chi connectivity index (χ4n) is 1.96. The summed E-state index contributed by atoms with van der Waals surface area (Å²) in [5, 5.41) is 7.68. The second-order valence-electron chi connectivity index (χ2n) is 4.37. The molecule has 3 rings (SSSR count). The molecule has 0 radical (unpaired) electrons. The summed E-state index contributed by atoms with van der Waals surface area (Å²) < 4.78 is 1.67. The molecule has 0 aliphatic rings. The number of benzene rings is 1. The van der Waals surface area contributed by atoms with Crippen LogP contribution in [0.5, 0.6) is 0 Å². The number of aromatic nitrogens is 2. The Bertz CT molecular complexity index is 733. The SMILES string of the molecule is O=C(NCc1ccccc1Cl)c1cc2ccccn2n1. The highest BCUT2D eigenvalue weighted by Crippen LogP contribution is 2.14. The molecule has 0 aliphatic heterocycles. The summed E-state index contributed by atoms with van der Waals surface area (Å²) in [5.41, 5.74) is 2.16. The molecule has 0 fully saturated rings. The Morgan fingerprint density at radius 1 is 1.20 bits per heavy atom. The first-order chi connectivity index (χ1) is 9.74. The lowest BCUT2D eigenvalue weighted by Crippen LogP contribution is -2.23. The molecule has 0 unspecified atom stereocenters. The van der Waals surface area contributed by atoms with Gasteiger partial charge in [0.25, 0.3) is 5.91 Å². The van der Waals surface area contributed by atoms with Crippen molar-refractivity contribution in [1.29, 1.82) is 0 Å². The van der Waals surface area contributed by atoms with Gasteiger partial charge in [0.15, 0.2) is 5.69 Å². The number of carbonyl (C=O) groups excluding carboxylic acids is 1. The van der Waals surface area contributed by atoms with Gasteiger partial charge in [-0.25, -0.2) is 4.52 Å². The number of rotatable bonds is 3. The van der Waals surface area contributed by atoms with Crippen molar-refractivity contribution in [2.24, 2.45) is 0 Å². The average molecular weight is 286 g/mol. The van der Waals surface area contributed by atoms with Crippen molar-refractivity contribution in [2.45, 2.75) is 6.54 Å². The second kappa shape index (κ2) is 5.35. The summed E-state index contributed by atoms with van der Waals surface area (Å²) in [5.74, 6) is -0.214. The maximum atomic E-state index is 12.1. The van der Waals surface area contributed by atoms with E-state index in [1.165, 1.54) is 0 Å². The second-order valence-corrected chi connectivity index (χ2v) is 4.78. The third-order valence-corrected chi connectivity index (χ3v) is 3.37. The molecule has 20 heavy (non-hydrogen) atoms. The number of amides is 1. The van der Waals surface area contributed by atoms with Crippen LogP contribution in [0.1, 0.15) is 16.1 Å². The Labute approximate surface area is 121 Å². The Morgan fingerprint density at radius 3 is 2.80 bits per heavy atom. The van der Waals surface area contributed by atoms with Gasteiger partial charge in [0.05, 0.1) is 5.52 Å². The first-order valence-corrected chi connectivity index (χ1v) is 6.58. The lowest BCUT2D eigenvalue weighted by Gasteiger charge is -2.04. The van der Waals surface area contributed by atoms with Crippen molar-refractivity contribution in [3.05, 3.63) is 71.0 Å². The molecule has 1 N–H and O–H groups in total. The van der Waals surface area contributed by atoms with Crippen LogP contribution in [-0.4, -0.2) is 15.5 Å². The first kappa shape index (κ1) is 12.7. The van der Waals surface area contributed by atoms with Crippen LogP contribution in [0, 0.1) is 0 Å². The van der Waals surface area contributed by atoms with E-state index in [0.29, 0.717) is 17.3 Å². The van der Waals surface area contributed by atoms with Crippen LogP contribution in [-0.2, 0) is 6.54 Å². The number of pyridine rings is 1. The van der Waals surface area contributed by atoms with Crippen LogP contribution in [0.3, 0.4) is 0 Å². The molecule has 0 bridgehead atoms. The number of nitrogens with zero attached hydrogens (tertiary/aromatic N) is 2. The Hall–Kier alpha value is -2.33. The zero-order chi connectivity index (χ0) is 13.9. The summed E-state index contributed by atoms with van der Waals surface area (Å²) in [6.45, 7) is 0.381. The van der Waals surface area contributed by atoms with E-state index in [1.54, 1.807) is 22.8 Å². The molecule has 0 atom stereocenters. The molecule has 2 aromatic heterocycles. The van der Waals surface area contributed by atoms with Gasteiger partial charge in [0.2, 0.25) is 0 Å². The molecule has 100 valence electrons. The normalized spacial score (nSPS) is 10.7. The highest BCUT2D eigenvalue weighted by Gasteiger charge is 2.10. The minimum absolute atomic E-state index is 0.214. The fraction of sp³-hybridized carbons (Fsp3) is 0.0667. The van der Waals surface area contributed by atoms with Crippen LogP contribution in [0.15, 0.2) is 54.7 Å². The fourth-order valence-corrected chi connectivity index (χ4v) is 2.16. The van der Waals surface area contributed by atoms with Crippen LogP contribution < -0.4 is 5.32 Å². The smallest absolute Gasteiger partial charge is 0.272 e. The van der Waals surface area contributed by atoms with Crippen LogP contribution in [0.4, 0.5) is 0 Å². The minimum Gasteiger partial charge on any atom is -0.347 e. The van der Waals surface area contributed by atoms with Gasteiger partial charge in [-0.05, 0) is 29.8 Å². The number of nitrogens with one attached hydrogen (secondary N) is 1. The molecule has 4 nitrogen and oxygen atoms in total. The van der Waals surface area contributed by atoms with Crippen molar-refractivity contribution in [2.75, 3.05) is 0 Å². The van der Waals surface area contributed by atoms with Gasteiger partial charge in [-0.2, -0.15) is 5.10 Å². The summed E-state index contributed by atoms with van der Waals surface area (Å²) >= 11 is 6.05. The van der Waals surface area contributed by atoms with Crippen molar-refractivity contribution in [1.82, 2.24) is 14.9 Å². The predicted molar refractivity (Wildman–Crippen MR) is 77.8 cm³/mol. The van der Waals surface area contributed by atoms with Crippen molar-refractivity contribution in [3.63, 3.8) is 0 Å². The van der Waals surface area contributed by atoms with Crippen molar-refractivity contribution in [3.8, 4) is 0 Å². The average Bonchev–Trinajstić information content (AvgIpc) is 2.90. The Kier molecular flexibility index (Phi) is 3.39. The number of hydrogen-bond donors (Lipinski definition) is 1. The van der Waals surface area contributed by atoms with Gasteiger partial charge in [-0.3, -0.25) is 4.79 Å². The maximum absolute atomic E-state index is 12.1. The molecule has 0 aliphatic carbocycles. The monoisotopic (exact) mass is 285 g/mol. The Morgan fingerprint density at radius 2 is 2.00 bits per heavy atom. The van der Waals surface area contributed by atoms with Gasteiger partial charge in [-0.1, -0.05) is 35.9 Å². The topological polar surface area (TPSA) is 46.4 Å². The maximum Gasteiger partial charge on any atom is 0.272 e. The minimum atomic E-state index is -0.214. The standard InChI is InChI=1S/C15H12ClN3O/c16-13-7-2-1-5-11(13)10-17-15(20)14-9-12-6-3-4-8-19(12)18-14/h1-9H,10H2,(H,17,20). The summed E-state index contributed by atoms with van der Waals surface area (Å²) in [6, 6.07) is 14.8. The van der Waals surface area contributed by atoms with E-state index in [9.17, 15) is 4.79 Å². The number of hydrogen-bond acceptors (Lipinski definition) is 2. The van der Waals surface area contributed by atoms with E-state index in [4.69, 9.17) is 11.6 Å². The van der Waals surface area contributed by atoms with E-state index < -0.39 is 0 Å². The number of carbonyl (C=O) groups is 1. The van der Waals surface area contributed by atoms with Gasteiger partial charge < -0.3 is 5.32 Å². The van der Waals surface area contributed by atoms with Crippen LogP contribution in [0.2, 0.25) is 5.02 Å². The van der Waals surface area contributed by atoms with E-state index in [-0.39, 0.29) is 5.91 Å². The molecule has 3 aromatic rings. The molecule has 0 spiro atoms. The van der Waals surface area contributed by atoms with Crippen LogP contribution in [0.25, 0.3) is 5.52 Å². The molecule has 2 heterocycles. The first-order valence-electron chi connectivity index (χ1n) is 6.20. The zero-order valence-corrected chi connectivity index (χ0v) is 11.3. The molecule has 5 heteroatoms. The predicted octanol–water partition coefficient (Wildman–Crippen LogP) is 2.92. The van der Waals surface area contributed by atoms with E-state index in [1.807, 2.05) is 36.4 Å². The third-order valence-electron chi connectivity index (χ3n) is 3.00. The molecule has 1 amide bonds. The van der Waals surface area contributed by atoms with Gasteiger partial charge >= 0.3 is 0 Å². The summed E-state index contributed by atoms with van der Waals surface area (Å²) in [6.07, 6.45) is 1.81.